The van der Waals surface area contributed by atoms with Crippen LogP contribution >= 0.6 is 11.3 Å². The number of carbonyl (C=O) groups excluding carboxylic acids is 3. The Kier molecular flexibility index (Phi) is 7.39. The predicted octanol–water partition coefficient (Wildman–Crippen LogP) is 3.43. The van der Waals surface area contributed by atoms with Crippen molar-refractivity contribution in [3.63, 3.8) is 0 Å². The van der Waals surface area contributed by atoms with Crippen LogP contribution in [0.4, 0.5) is 0 Å². The Hall–Kier alpha value is -4.69. The second-order valence-electron chi connectivity index (χ2n) is 10.6. The van der Waals surface area contributed by atoms with Crippen LogP contribution in [0.2, 0.25) is 0 Å². The molecule has 0 saturated heterocycles. The number of carbonyl (C=O) groups is 3. The van der Waals surface area contributed by atoms with Crippen LogP contribution < -0.4 is 20.7 Å². The highest BCUT2D eigenvalue weighted by molar-refractivity contribution is 7.10. The second-order valence-corrected chi connectivity index (χ2v) is 11.5. The maximum atomic E-state index is 13.5. The molecule has 214 valence electrons. The fraction of sp³-hybridized carbons (Fsp3) is 0.323. The third-order valence-corrected chi connectivity index (χ3v) is 8.16. The molecule has 1 atom stereocenters. The molecule has 2 aromatic heterocycles. The molecular weight excluding hydrogens is 552 g/mol. The molecular formula is C31H30N6O4S. The van der Waals surface area contributed by atoms with Crippen molar-refractivity contribution in [1.82, 2.24) is 30.7 Å². The summed E-state index contributed by atoms with van der Waals surface area (Å²) in [6.45, 7) is 1.70. The minimum absolute atomic E-state index is 0.0160. The largest absolute Gasteiger partial charge is 0.494 e. The third-order valence-electron chi connectivity index (χ3n) is 7.47. The molecule has 2 saturated carbocycles. The van der Waals surface area contributed by atoms with E-state index in [0.717, 1.165) is 42.1 Å². The number of hydrogen-bond donors (Lipinski definition) is 3. The highest BCUT2D eigenvalue weighted by Crippen LogP contribution is 2.48. The zero-order chi connectivity index (χ0) is 29.3. The summed E-state index contributed by atoms with van der Waals surface area (Å²) in [4.78, 5) is 42.5. The molecule has 2 aromatic carbocycles. The number of nitrogens with one attached hydrogen (secondary N) is 3. The number of aromatic nitrogens is 3. The van der Waals surface area contributed by atoms with E-state index in [1.807, 2.05) is 16.1 Å². The topological polar surface area (TPSA) is 127 Å². The first-order valence-corrected chi connectivity index (χ1v) is 14.7. The summed E-state index contributed by atoms with van der Waals surface area (Å²) in [5.41, 5.74) is 2.32. The summed E-state index contributed by atoms with van der Waals surface area (Å²) in [5.74, 6) is 4.55. The van der Waals surface area contributed by atoms with Crippen molar-refractivity contribution < 1.29 is 19.1 Å². The summed E-state index contributed by atoms with van der Waals surface area (Å²) in [5, 5.41) is 16.6. The lowest BCUT2D eigenvalue weighted by molar-refractivity contribution is -0.139. The van der Waals surface area contributed by atoms with Gasteiger partial charge in [0.15, 0.2) is 5.01 Å². The molecule has 2 fully saturated rings. The van der Waals surface area contributed by atoms with E-state index in [2.05, 4.69) is 45.0 Å². The van der Waals surface area contributed by atoms with Crippen LogP contribution in [0.1, 0.15) is 65.1 Å². The minimum atomic E-state index is -0.807. The van der Waals surface area contributed by atoms with Gasteiger partial charge in [-0.3, -0.25) is 19.1 Å². The second kappa shape index (κ2) is 11.3. The highest BCUT2D eigenvalue weighted by Gasteiger charge is 2.46. The van der Waals surface area contributed by atoms with E-state index in [0.29, 0.717) is 27.9 Å². The number of benzene rings is 2. The maximum Gasteiger partial charge on any atom is 0.310 e. The van der Waals surface area contributed by atoms with Crippen LogP contribution in [-0.2, 0) is 21.7 Å². The normalized spacial score (nSPS) is 15.7. The predicted molar refractivity (Wildman–Crippen MR) is 158 cm³/mol. The summed E-state index contributed by atoms with van der Waals surface area (Å²) in [7, 11) is 1.63. The van der Waals surface area contributed by atoms with Crippen molar-refractivity contribution in [2.24, 2.45) is 0 Å². The highest BCUT2D eigenvalue weighted by atomic mass is 32.1. The van der Waals surface area contributed by atoms with E-state index in [9.17, 15) is 14.4 Å². The van der Waals surface area contributed by atoms with Crippen LogP contribution in [0, 0.1) is 11.8 Å². The van der Waals surface area contributed by atoms with Gasteiger partial charge in [-0.05, 0) is 67.9 Å². The number of methoxy groups -OCH3 is 1. The fourth-order valence-electron chi connectivity index (χ4n) is 4.88. The van der Waals surface area contributed by atoms with Gasteiger partial charge in [-0.2, -0.15) is 5.10 Å². The number of hydrogen-bond acceptors (Lipinski definition) is 7. The molecule has 0 unspecified atom stereocenters. The van der Waals surface area contributed by atoms with Gasteiger partial charge in [0, 0.05) is 35.3 Å². The van der Waals surface area contributed by atoms with Crippen LogP contribution in [0.25, 0.3) is 10.9 Å². The molecule has 11 heteroatoms. The van der Waals surface area contributed by atoms with Crippen LogP contribution in [0.5, 0.6) is 5.75 Å². The van der Waals surface area contributed by atoms with Gasteiger partial charge in [0.1, 0.15) is 11.3 Å². The molecule has 3 amide bonds. The van der Waals surface area contributed by atoms with Gasteiger partial charge in [0.05, 0.1) is 24.7 Å². The van der Waals surface area contributed by atoms with E-state index in [-0.39, 0.29) is 12.5 Å². The van der Waals surface area contributed by atoms with Gasteiger partial charge in [-0.1, -0.05) is 24.1 Å². The molecule has 3 N–H and O–H groups in total. The smallest absolute Gasteiger partial charge is 0.310 e. The Morgan fingerprint density at radius 3 is 2.71 bits per heavy atom. The van der Waals surface area contributed by atoms with Crippen molar-refractivity contribution in [2.75, 3.05) is 7.11 Å². The Morgan fingerprint density at radius 1 is 1.19 bits per heavy atom. The molecule has 10 nitrogen and oxygen atoms in total. The summed E-state index contributed by atoms with van der Waals surface area (Å²) >= 11 is 1.39. The number of rotatable bonds is 8. The zero-order valence-corrected chi connectivity index (χ0v) is 24.1. The first-order chi connectivity index (χ1) is 20.3. The Bertz CT molecular complexity index is 1730. The molecule has 2 aliphatic rings. The van der Waals surface area contributed by atoms with Gasteiger partial charge in [0.2, 0.25) is 0 Å². The SMILES string of the molecule is COc1cc(C2(NC(=O)c3ccccc3CNC(=O)C(=O)N[C@@H](C)C#Cc3nccs3)CC2)cc2cn(C3CC3)nc12. The lowest BCUT2D eigenvalue weighted by atomic mass is 10.0. The lowest BCUT2D eigenvalue weighted by Gasteiger charge is -2.20. The maximum absolute atomic E-state index is 13.5. The van der Waals surface area contributed by atoms with Crippen molar-refractivity contribution in [3.8, 4) is 17.6 Å². The van der Waals surface area contributed by atoms with Crippen LogP contribution in [0.3, 0.4) is 0 Å². The first kappa shape index (κ1) is 27.5. The van der Waals surface area contributed by atoms with E-state index < -0.39 is 23.4 Å². The van der Waals surface area contributed by atoms with Gasteiger partial charge in [-0.25, -0.2) is 4.98 Å². The zero-order valence-electron chi connectivity index (χ0n) is 23.3. The molecule has 2 heterocycles. The Labute approximate surface area is 246 Å². The minimum Gasteiger partial charge on any atom is -0.494 e. The molecule has 0 aliphatic heterocycles. The number of amides is 3. The number of thiazole rings is 1. The van der Waals surface area contributed by atoms with E-state index in [4.69, 9.17) is 9.84 Å². The van der Waals surface area contributed by atoms with E-state index in [1.165, 1.54) is 11.3 Å². The molecule has 42 heavy (non-hydrogen) atoms. The molecule has 0 bridgehead atoms. The van der Waals surface area contributed by atoms with Gasteiger partial charge < -0.3 is 20.7 Å². The van der Waals surface area contributed by atoms with Crippen molar-refractivity contribution in [1.29, 1.82) is 0 Å². The van der Waals surface area contributed by atoms with E-state index in [1.54, 1.807) is 44.5 Å². The third kappa shape index (κ3) is 5.85. The van der Waals surface area contributed by atoms with Gasteiger partial charge in [-0.15, -0.1) is 11.3 Å². The number of ether oxygens (including phenoxy) is 1. The van der Waals surface area contributed by atoms with Gasteiger partial charge >= 0.3 is 11.8 Å². The average molecular weight is 583 g/mol. The summed E-state index contributed by atoms with van der Waals surface area (Å²) in [6, 6.07) is 11.0. The van der Waals surface area contributed by atoms with E-state index >= 15 is 0 Å². The van der Waals surface area contributed by atoms with Crippen LogP contribution in [0.15, 0.2) is 54.2 Å². The van der Waals surface area contributed by atoms with Crippen LogP contribution in [-0.4, -0.2) is 45.6 Å². The number of nitrogens with zero attached hydrogens (tertiary/aromatic N) is 3. The first-order valence-electron chi connectivity index (χ1n) is 13.8. The molecule has 2 aliphatic carbocycles. The monoisotopic (exact) mass is 582 g/mol. The van der Waals surface area contributed by atoms with Crippen molar-refractivity contribution in [2.45, 2.75) is 56.8 Å². The number of fused-ring (bicyclic) bond motifs is 1. The van der Waals surface area contributed by atoms with Crippen molar-refractivity contribution in [3.05, 3.63) is 75.9 Å². The fourth-order valence-corrected chi connectivity index (χ4v) is 5.37. The molecule has 0 spiro atoms. The quantitative estimate of drug-likeness (QED) is 0.216. The van der Waals surface area contributed by atoms with Gasteiger partial charge in [0.25, 0.3) is 5.91 Å². The molecule has 0 radical (unpaired) electrons. The molecule has 6 rings (SSSR count). The average Bonchev–Trinajstić information content (AvgIpc) is 3.89. The summed E-state index contributed by atoms with van der Waals surface area (Å²) < 4.78 is 7.68. The standard InChI is InChI=1S/C31H30N6O4S/c1-19(7-10-26-32-13-14-42-26)34-30(40)29(39)33-17-20-5-3-4-6-24(20)28(38)35-31(11-12-31)22-15-21-18-37(23-8-9-23)36-27(21)25(16-22)41-2/h3-6,13-16,18-19,23H,8-9,11-12,17H2,1-2H3,(H,33,39)(H,34,40)(H,35,38)/t19-/m0/s1. The summed E-state index contributed by atoms with van der Waals surface area (Å²) in [6.07, 6.45) is 7.57. The molecule has 4 aromatic rings. The Balaban J connectivity index is 1.11. The Morgan fingerprint density at radius 2 is 2.00 bits per heavy atom. The lowest BCUT2D eigenvalue weighted by Crippen LogP contribution is -2.43. The van der Waals surface area contributed by atoms with Crippen molar-refractivity contribution >= 4 is 40.0 Å².